The average Bonchev–Trinajstić information content (AvgIpc) is 2.33. The molecule has 2 heterocycles. The Morgan fingerprint density at radius 3 is 2.47 bits per heavy atom. The molecule has 1 aromatic rings. The summed E-state index contributed by atoms with van der Waals surface area (Å²) in [4.78, 5) is 10.6. The monoisotopic (exact) mass is 208 g/mol. The van der Waals surface area contributed by atoms with E-state index in [0.717, 1.165) is 19.0 Å². The summed E-state index contributed by atoms with van der Waals surface area (Å²) >= 11 is 0. The fourth-order valence-corrected chi connectivity index (χ4v) is 1.61. The fourth-order valence-electron chi connectivity index (χ4n) is 1.61. The highest BCUT2D eigenvalue weighted by Crippen LogP contribution is 2.15. The fraction of sp³-hybridized carbons (Fsp3) is 0.636. The van der Waals surface area contributed by atoms with Crippen molar-refractivity contribution in [3.8, 4) is 0 Å². The van der Waals surface area contributed by atoms with Crippen LogP contribution in [0.25, 0.3) is 0 Å². The van der Waals surface area contributed by atoms with Gasteiger partial charge < -0.3 is 10.6 Å². The maximum absolute atomic E-state index is 5.59. The van der Waals surface area contributed by atoms with Crippen LogP contribution < -0.4 is 10.6 Å². The second kappa shape index (κ2) is 6.22. The summed E-state index contributed by atoms with van der Waals surface area (Å²) in [5.74, 6) is 1.33. The van der Waals surface area contributed by atoms with Gasteiger partial charge in [0.2, 0.25) is 5.95 Å². The third kappa shape index (κ3) is 3.38. The quantitative estimate of drug-likeness (QED) is 0.767. The lowest BCUT2D eigenvalue weighted by molar-refractivity contribution is 0.568. The molecular formula is C11H20N4. The van der Waals surface area contributed by atoms with E-state index in [4.69, 9.17) is 5.73 Å². The van der Waals surface area contributed by atoms with Crippen LogP contribution in [0.5, 0.6) is 0 Å². The normalized spacial score (nSPS) is 15.5. The molecule has 4 heteroatoms. The Balaban J connectivity index is 0.000000531. The molecule has 1 saturated heterocycles. The van der Waals surface area contributed by atoms with E-state index in [9.17, 15) is 0 Å². The van der Waals surface area contributed by atoms with Gasteiger partial charge in [-0.15, -0.1) is 0 Å². The molecule has 0 atom stereocenters. The lowest BCUT2D eigenvalue weighted by Crippen LogP contribution is -2.31. The topological polar surface area (TPSA) is 55.0 Å². The van der Waals surface area contributed by atoms with Gasteiger partial charge in [-0.1, -0.05) is 13.8 Å². The molecule has 0 aromatic carbocycles. The van der Waals surface area contributed by atoms with Crippen molar-refractivity contribution in [2.75, 3.05) is 23.7 Å². The van der Waals surface area contributed by atoms with Gasteiger partial charge in [0.05, 0.1) is 0 Å². The van der Waals surface area contributed by atoms with Gasteiger partial charge in [-0.05, 0) is 25.3 Å². The largest absolute Gasteiger partial charge is 0.384 e. The summed E-state index contributed by atoms with van der Waals surface area (Å²) in [5, 5.41) is 0. The zero-order valence-electron chi connectivity index (χ0n) is 9.61. The van der Waals surface area contributed by atoms with E-state index in [0.29, 0.717) is 5.82 Å². The van der Waals surface area contributed by atoms with Gasteiger partial charge in [-0.3, -0.25) is 0 Å². The average molecular weight is 208 g/mol. The summed E-state index contributed by atoms with van der Waals surface area (Å²) in [5.41, 5.74) is 5.59. The molecule has 1 aliphatic rings. The molecule has 0 unspecified atom stereocenters. The van der Waals surface area contributed by atoms with Crippen LogP contribution in [0.15, 0.2) is 12.3 Å². The van der Waals surface area contributed by atoms with Crippen LogP contribution >= 0.6 is 0 Å². The van der Waals surface area contributed by atoms with E-state index in [1.165, 1.54) is 19.3 Å². The second-order valence-corrected chi connectivity index (χ2v) is 3.33. The number of nitrogens with two attached hydrogens (primary N) is 1. The van der Waals surface area contributed by atoms with Crippen LogP contribution in [0.2, 0.25) is 0 Å². The molecule has 4 nitrogen and oxygen atoms in total. The van der Waals surface area contributed by atoms with Crippen LogP contribution in [0.4, 0.5) is 11.8 Å². The van der Waals surface area contributed by atoms with Crippen molar-refractivity contribution in [1.82, 2.24) is 9.97 Å². The first kappa shape index (κ1) is 11.8. The Morgan fingerprint density at radius 1 is 1.20 bits per heavy atom. The Labute approximate surface area is 91.5 Å². The predicted octanol–water partition coefficient (Wildman–Crippen LogP) is 2.08. The van der Waals surface area contributed by atoms with Crippen molar-refractivity contribution in [3.05, 3.63) is 12.3 Å². The molecule has 0 amide bonds. The molecule has 0 aliphatic carbocycles. The minimum Gasteiger partial charge on any atom is -0.384 e. The molecule has 1 aliphatic heterocycles. The number of nitrogen functional groups attached to an aromatic ring is 1. The Bertz CT molecular complexity index is 282. The number of hydrogen-bond donors (Lipinski definition) is 1. The molecule has 0 spiro atoms. The summed E-state index contributed by atoms with van der Waals surface area (Å²) in [6, 6.07) is 1.72. The van der Waals surface area contributed by atoms with Crippen molar-refractivity contribution in [2.45, 2.75) is 33.1 Å². The van der Waals surface area contributed by atoms with Gasteiger partial charge in [0.1, 0.15) is 5.82 Å². The summed E-state index contributed by atoms with van der Waals surface area (Å²) in [6.45, 7) is 6.12. The first-order chi connectivity index (χ1) is 7.36. The lowest BCUT2D eigenvalue weighted by Gasteiger charge is -2.26. The summed E-state index contributed by atoms with van der Waals surface area (Å²) < 4.78 is 0. The van der Waals surface area contributed by atoms with Crippen LogP contribution in [-0.4, -0.2) is 23.1 Å². The van der Waals surface area contributed by atoms with Crippen LogP contribution in [0.1, 0.15) is 33.1 Å². The zero-order valence-corrected chi connectivity index (χ0v) is 9.61. The van der Waals surface area contributed by atoms with Crippen LogP contribution in [0.3, 0.4) is 0 Å². The summed E-state index contributed by atoms with van der Waals surface area (Å²) in [7, 11) is 0. The van der Waals surface area contributed by atoms with Crippen LogP contribution in [0, 0.1) is 0 Å². The van der Waals surface area contributed by atoms with E-state index < -0.39 is 0 Å². The smallest absolute Gasteiger partial charge is 0.227 e. The van der Waals surface area contributed by atoms with Crippen molar-refractivity contribution in [2.24, 2.45) is 0 Å². The molecule has 1 aromatic heterocycles. The van der Waals surface area contributed by atoms with Crippen molar-refractivity contribution >= 4 is 11.8 Å². The first-order valence-corrected chi connectivity index (χ1v) is 5.70. The van der Waals surface area contributed by atoms with Crippen molar-refractivity contribution in [3.63, 3.8) is 0 Å². The number of hydrogen-bond acceptors (Lipinski definition) is 4. The Kier molecular flexibility index (Phi) is 4.87. The first-order valence-electron chi connectivity index (χ1n) is 5.70. The van der Waals surface area contributed by atoms with Crippen molar-refractivity contribution in [1.29, 1.82) is 0 Å². The molecule has 1 fully saturated rings. The SMILES string of the molecule is CC.Nc1ccnc(N2CCCCC2)n1. The second-order valence-electron chi connectivity index (χ2n) is 3.33. The van der Waals surface area contributed by atoms with E-state index in [1.807, 2.05) is 13.8 Å². The third-order valence-corrected chi connectivity index (χ3v) is 2.30. The van der Waals surface area contributed by atoms with Crippen LogP contribution in [-0.2, 0) is 0 Å². The van der Waals surface area contributed by atoms with Gasteiger partial charge in [-0.2, -0.15) is 4.98 Å². The number of aromatic nitrogens is 2. The van der Waals surface area contributed by atoms with E-state index >= 15 is 0 Å². The number of anilines is 2. The van der Waals surface area contributed by atoms with E-state index in [2.05, 4.69) is 14.9 Å². The van der Waals surface area contributed by atoms with Gasteiger partial charge in [0.15, 0.2) is 0 Å². The summed E-state index contributed by atoms with van der Waals surface area (Å²) in [6.07, 6.45) is 5.50. The zero-order chi connectivity index (χ0) is 11.1. The highest BCUT2D eigenvalue weighted by molar-refractivity contribution is 5.37. The predicted molar refractivity (Wildman–Crippen MR) is 63.9 cm³/mol. The van der Waals surface area contributed by atoms with Crippen molar-refractivity contribution < 1.29 is 0 Å². The standard InChI is InChI=1S/C9H14N4.C2H6/c10-8-4-5-11-9(12-8)13-6-2-1-3-7-13;1-2/h4-5H,1-3,6-7H2,(H2,10,11,12);1-2H3. The van der Waals surface area contributed by atoms with Gasteiger partial charge in [-0.25, -0.2) is 4.98 Å². The maximum atomic E-state index is 5.59. The molecule has 15 heavy (non-hydrogen) atoms. The molecule has 0 bridgehead atoms. The van der Waals surface area contributed by atoms with Gasteiger partial charge in [0, 0.05) is 19.3 Å². The van der Waals surface area contributed by atoms with Gasteiger partial charge in [0.25, 0.3) is 0 Å². The number of piperidine rings is 1. The minimum atomic E-state index is 0.551. The number of nitrogens with zero attached hydrogens (tertiary/aromatic N) is 3. The number of rotatable bonds is 1. The highest BCUT2D eigenvalue weighted by atomic mass is 15.3. The van der Waals surface area contributed by atoms with E-state index in [1.54, 1.807) is 12.3 Å². The molecule has 2 rings (SSSR count). The molecule has 84 valence electrons. The Hall–Kier alpha value is -1.32. The van der Waals surface area contributed by atoms with E-state index in [-0.39, 0.29) is 0 Å². The molecule has 0 saturated carbocycles. The molecule has 0 radical (unpaired) electrons. The molecule has 2 N–H and O–H groups in total. The lowest BCUT2D eigenvalue weighted by atomic mass is 10.1. The highest BCUT2D eigenvalue weighted by Gasteiger charge is 2.12. The maximum Gasteiger partial charge on any atom is 0.227 e. The third-order valence-electron chi connectivity index (χ3n) is 2.30. The van der Waals surface area contributed by atoms with Gasteiger partial charge >= 0.3 is 0 Å². The minimum absolute atomic E-state index is 0.551. The molecular weight excluding hydrogens is 188 g/mol. The Morgan fingerprint density at radius 2 is 1.87 bits per heavy atom.